The Balaban J connectivity index is 2.42. The van der Waals surface area contributed by atoms with Gasteiger partial charge in [0.25, 0.3) is 11.8 Å². The van der Waals surface area contributed by atoms with Crippen LogP contribution in [0.15, 0.2) is 54.2 Å². The Morgan fingerprint density at radius 2 is 1.59 bits per heavy atom. The lowest BCUT2D eigenvalue weighted by Crippen LogP contribution is -2.48. The van der Waals surface area contributed by atoms with Gasteiger partial charge >= 0.3 is 5.97 Å². The van der Waals surface area contributed by atoms with Gasteiger partial charge < -0.3 is 20.1 Å². The number of nitrogens with one attached hydrogen (secondary N) is 2. The van der Waals surface area contributed by atoms with Gasteiger partial charge in [0.1, 0.15) is 5.70 Å². The molecule has 0 spiro atoms. The summed E-state index contributed by atoms with van der Waals surface area (Å²) in [6.07, 6.45) is 2.29. The number of carbonyl (C=O) groups excluding carboxylic acids is 3. The second-order valence-electron chi connectivity index (χ2n) is 9.96. The van der Waals surface area contributed by atoms with E-state index in [4.69, 9.17) is 9.47 Å². The molecule has 2 aromatic carbocycles. The maximum atomic E-state index is 13.3. The first-order valence-electron chi connectivity index (χ1n) is 11.1. The lowest BCUT2D eigenvalue weighted by Gasteiger charge is -2.33. The monoisotopic (exact) mass is 466 g/mol. The van der Waals surface area contributed by atoms with E-state index in [0.717, 1.165) is 6.42 Å². The molecule has 0 aliphatic heterocycles. The van der Waals surface area contributed by atoms with Crippen LogP contribution in [-0.4, -0.2) is 30.4 Å². The van der Waals surface area contributed by atoms with E-state index in [9.17, 15) is 14.4 Å². The summed E-state index contributed by atoms with van der Waals surface area (Å²) in [6, 6.07) is 13.5. The average Bonchev–Trinajstić information content (AvgIpc) is 2.72. The number of methoxy groups -OCH3 is 1. The number of hydrogen-bond donors (Lipinski definition) is 2. The van der Waals surface area contributed by atoms with Crippen molar-refractivity contribution >= 4 is 23.9 Å². The highest BCUT2D eigenvalue weighted by atomic mass is 16.6. The molecule has 2 amide bonds. The van der Waals surface area contributed by atoms with Crippen LogP contribution in [0.5, 0.6) is 11.5 Å². The topological polar surface area (TPSA) is 93.7 Å². The summed E-state index contributed by atoms with van der Waals surface area (Å²) in [5.74, 6) is -0.706. The van der Waals surface area contributed by atoms with E-state index in [-0.39, 0.29) is 16.9 Å². The molecule has 0 bridgehead atoms. The lowest BCUT2D eigenvalue weighted by atomic mass is 9.82. The van der Waals surface area contributed by atoms with Crippen molar-refractivity contribution in [3.63, 3.8) is 0 Å². The van der Waals surface area contributed by atoms with Gasteiger partial charge in [-0.2, -0.15) is 0 Å². The van der Waals surface area contributed by atoms with E-state index >= 15 is 0 Å². The third kappa shape index (κ3) is 8.39. The fourth-order valence-corrected chi connectivity index (χ4v) is 3.87. The quantitative estimate of drug-likeness (QED) is 0.333. The van der Waals surface area contributed by atoms with Crippen LogP contribution in [0.25, 0.3) is 6.08 Å². The highest BCUT2D eigenvalue weighted by Gasteiger charge is 2.28. The maximum Gasteiger partial charge on any atom is 0.308 e. The van der Waals surface area contributed by atoms with Gasteiger partial charge in [-0.05, 0) is 61.6 Å². The molecule has 2 aromatic rings. The zero-order chi connectivity index (χ0) is 25.5. The fourth-order valence-electron chi connectivity index (χ4n) is 3.87. The normalized spacial score (nSPS) is 12.0. The van der Waals surface area contributed by atoms with Gasteiger partial charge in [0.15, 0.2) is 11.5 Å². The van der Waals surface area contributed by atoms with Gasteiger partial charge in [-0.15, -0.1) is 0 Å². The summed E-state index contributed by atoms with van der Waals surface area (Å²) in [5.41, 5.74) is 0.576. The first kappa shape index (κ1) is 26.6. The van der Waals surface area contributed by atoms with Gasteiger partial charge in [-0.25, -0.2) is 0 Å². The third-order valence-corrected chi connectivity index (χ3v) is 4.71. The minimum absolute atomic E-state index is 0.00610. The van der Waals surface area contributed by atoms with Gasteiger partial charge in [0.2, 0.25) is 0 Å². The second kappa shape index (κ2) is 11.0. The molecule has 0 aromatic heterocycles. The van der Waals surface area contributed by atoms with Crippen LogP contribution in [0.1, 0.15) is 63.9 Å². The number of carbonyl (C=O) groups is 3. The fraction of sp³-hybridized carbons (Fsp3) is 0.370. The van der Waals surface area contributed by atoms with Crippen LogP contribution < -0.4 is 20.1 Å². The predicted octanol–water partition coefficient (Wildman–Crippen LogP) is 4.72. The molecule has 0 fully saturated rings. The van der Waals surface area contributed by atoms with E-state index in [1.165, 1.54) is 14.0 Å². The zero-order valence-corrected chi connectivity index (χ0v) is 20.9. The minimum atomic E-state index is -0.511. The number of amides is 2. The molecule has 0 heterocycles. The standard InChI is InChI=1S/C27H34N2O5/c1-18(30)34-22-14-13-19(16-23(22)33-7)15-21(28-24(31)20-11-9-8-10-12-20)25(32)29-27(5,6)17-26(2,3)4/h8-16H,17H2,1-7H3,(H,28,31)(H,29,32)/b21-15+. The van der Waals surface area contributed by atoms with Crippen molar-refractivity contribution in [1.82, 2.24) is 10.6 Å². The predicted molar refractivity (Wildman–Crippen MR) is 132 cm³/mol. The Morgan fingerprint density at radius 1 is 0.941 bits per heavy atom. The van der Waals surface area contributed by atoms with E-state index in [0.29, 0.717) is 16.9 Å². The van der Waals surface area contributed by atoms with Crippen molar-refractivity contribution in [2.45, 2.75) is 53.5 Å². The molecule has 0 saturated heterocycles. The van der Waals surface area contributed by atoms with Crippen molar-refractivity contribution in [3.05, 3.63) is 65.4 Å². The van der Waals surface area contributed by atoms with Gasteiger partial charge in [0, 0.05) is 18.0 Å². The number of rotatable bonds is 8. The highest BCUT2D eigenvalue weighted by Crippen LogP contribution is 2.30. The highest BCUT2D eigenvalue weighted by molar-refractivity contribution is 6.05. The number of benzene rings is 2. The molecule has 2 N–H and O–H groups in total. The van der Waals surface area contributed by atoms with E-state index in [1.54, 1.807) is 48.5 Å². The number of esters is 1. The first-order chi connectivity index (χ1) is 15.8. The Kier molecular flexibility index (Phi) is 8.62. The van der Waals surface area contributed by atoms with E-state index < -0.39 is 23.3 Å². The summed E-state index contributed by atoms with van der Waals surface area (Å²) in [5, 5.41) is 5.77. The van der Waals surface area contributed by atoms with Crippen molar-refractivity contribution in [3.8, 4) is 11.5 Å². The number of ether oxygens (including phenoxy) is 2. The largest absolute Gasteiger partial charge is 0.493 e. The molecule has 182 valence electrons. The smallest absolute Gasteiger partial charge is 0.308 e. The SMILES string of the molecule is COc1cc(/C=C(/NC(=O)c2ccccc2)C(=O)NC(C)(C)CC(C)(C)C)ccc1OC(C)=O. The van der Waals surface area contributed by atoms with Crippen LogP contribution in [0.3, 0.4) is 0 Å². The Bertz CT molecular complexity index is 1070. The molecule has 0 aliphatic carbocycles. The molecular weight excluding hydrogens is 432 g/mol. The average molecular weight is 467 g/mol. The molecule has 7 heteroatoms. The molecule has 0 radical (unpaired) electrons. The maximum absolute atomic E-state index is 13.3. The molecular formula is C27H34N2O5. The Morgan fingerprint density at radius 3 is 2.15 bits per heavy atom. The van der Waals surface area contributed by atoms with Crippen molar-refractivity contribution in [2.24, 2.45) is 5.41 Å². The molecule has 0 aliphatic rings. The summed E-state index contributed by atoms with van der Waals surface area (Å²) in [6.45, 7) is 11.5. The van der Waals surface area contributed by atoms with Crippen molar-refractivity contribution in [1.29, 1.82) is 0 Å². The summed E-state index contributed by atoms with van der Waals surface area (Å²) in [7, 11) is 1.45. The van der Waals surface area contributed by atoms with Crippen LogP contribution >= 0.6 is 0 Å². The summed E-state index contributed by atoms with van der Waals surface area (Å²) < 4.78 is 10.5. The first-order valence-corrected chi connectivity index (χ1v) is 11.1. The molecule has 7 nitrogen and oxygen atoms in total. The molecule has 0 atom stereocenters. The second-order valence-corrected chi connectivity index (χ2v) is 9.96. The van der Waals surface area contributed by atoms with Crippen LogP contribution in [0, 0.1) is 5.41 Å². The van der Waals surface area contributed by atoms with Gasteiger partial charge in [-0.1, -0.05) is 45.0 Å². The number of hydrogen-bond acceptors (Lipinski definition) is 5. The van der Waals surface area contributed by atoms with E-state index in [2.05, 4.69) is 31.4 Å². The van der Waals surface area contributed by atoms with Gasteiger partial charge in [-0.3, -0.25) is 14.4 Å². The van der Waals surface area contributed by atoms with E-state index in [1.807, 2.05) is 19.9 Å². The van der Waals surface area contributed by atoms with Crippen molar-refractivity contribution in [2.75, 3.05) is 7.11 Å². The van der Waals surface area contributed by atoms with Gasteiger partial charge in [0.05, 0.1) is 7.11 Å². The minimum Gasteiger partial charge on any atom is -0.493 e. The van der Waals surface area contributed by atoms with Crippen LogP contribution in [0.4, 0.5) is 0 Å². The van der Waals surface area contributed by atoms with Crippen LogP contribution in [-0.2, 0) is 9.59 Å². The summed E-state index contributed by atoms with van der Waals surface area (Å²) >= 11 is 0. The lowest BCUT2D eigenvalue weighted by molar-refractivity contribution is -0.132. The molecule has 2 rings (SSSR count). The molecule has 34 heavy (non-hydrogen) atoms. The molecule has 0 saturated carbocycles. The zero-order valence-electron chi connectivity index (χ0n) is 20.9. The van der Waals surface area contributed by atoms with Crippen LogP contribution in [0.2, 0.25) is 0 Å². The van der Waals surface area contributed by atoms with Crippen molar-refractivity contribution < 1.29 is 23.9 Å². The third-order valence-electron chi connectivity index (χ3n) is 4.71. The Labute approximate surface area is 201 Å². The molecule has 0 unspecified atom stereocenters. The Hall–Kier alpha value is -3.61. The summed E-state index contributed by atoms with van der Waals surface area (Å²) in [4.78, 5) is 37.4.